The van der Waals surface area contributed by atoms with Crippen LogP contribution in [0.2, 0.25) is 0 Å². The molecule has 4 aromatic rings. The number of nitrogens with zero attached hydrogens (tertiary/aromatic N) is 4. The fourth-order valence-electron chi connectivity index (χ4n) is 8.02. The van der Waals surface area contributed by atoms with E-state index in [-0.39, 0.29) is 23.4 Å². The molecule has 0 aliphatic carbocycles. The van der Waals surface area contributed by atoms with Crippen LogP contribution in [0.4, 0.5) is 22.7 Å². The SMILES string of the molecule is CCN(CC)c1ccccc1C(CC(O)=COC=C(O)CC(c1ccccc1N(CC)CC)c1ccccc1N(CC)CC)c1ccccc1N(CC)CC. The number of rotatable bonds is 22. The number of anilines is 4. The maximum atomic E-state index is 11.6. The zero-order valence-corrected chi connectivity index (χ0v) is 34.7. The largest absolute Gasteiger partial charge is 0.509 e. The number of hydrogen-bond donors (Lipinski definition) is 2. The van der Waals surface area contributed by atoms with Gasteiger partial charge in [-0.15, -0.1) is 0 Å². The summed E-state index contributed by atoms with van der Waals surface area (Å²) in [6, 6.07) is 34.1. The minimum Gasteiger partial charge on any atom is -0.509 e. The average Bonchev–Trinajstić information content (AvgIpc) is 3.22. The molecular weight excluding hydrogens is 681 g/mol. The Morgan fingerprint density at radius 2 is 0.636 bits per heavy atom. The lowest BCUT2D eigenvalue weighted by Crippen LogP contribution is -2.26. The Balaban J connectivity index is 1.72. The molecule has 0 heterocycles. The van der Waals surface area contributed by atoms with Crippen LogP contribution in [0.1, 0.15) is 102 Å². The lowest BCUT2D eigenvalue weighted by molar-refractivity contribution is 0.291. The van der Waals surface area contributed by atoms with E-state index in [0.29, 0.717) is 12.8 Å². The highest BCUT2D eigenvalue weighted by Crippen LogP contribution is 2.42. The molecule has 7 nitrogen and oxygen atoms in total. The van der Waals surface area contributed by atoms with Crippen LogP contribution in [0.3, 0.4) is 0 Å². The van der Waals surface area contributed by atoms with Crippen LogP contribution >= 0.6 is 0 Å². The molecule has 0 amide bonds. The molecule has 55 heavy (non-hydrogen) atoms. The Kier molecular flexibility index (Phi) is 16.9. The first-order valence-electron chi connectivity index (χ1n) is 20.6. The summed E-state index contributed by atoms with van der Waals surface area (Å²) in [6.45, 7) is 24.5. The summed E-state index contributed by atoms with van der Waals surface area (Å²) < 4.78 is 5.92. The van der Waals surface area contributed by atoms with Gasteiger partial charge in [0, 0.05) is 99.8 Å². The molecule has 2 N–H and O–H groups in total. The van der Waals surface area contributed by atoms with Gasteiger partial charge in [-0.3, -0.25) is 0 Å². The van der Waals surface area contributed by atoms with Gasteiger partial charge in [-0.2, -0.15) is 0 Å². The molecule has 0 aliphatic rings. The number of aliphatic hydroxyl groups is 2. The summed E-state index contributed by atoms with van der Waals surface area (Å²) in [4.78, 5) is 9.47. The Morgan fingerprint density at radius 1 is 0.418 bits per heavy atom. The highest BCUT2D eigenvalue weighted by atomic mass is 16.5. The van der Waals surface area contributed by atoms with Gasteiger partial charge in [0.1, 0.15) is 24.0 Å². The molecular formula is C48H66N4O3. The van der Waals surface area contributed by atoms with Crippen molar-refractivity contribution in [3.63, 3.8) is 0 Å². The van der Waals surface area contributed by atoms with Crippen LogP contribution in [-0.2, 0) is 4.74 Å². The van der Waals surface area contributed by atoms with Gasteiger partial charge in [0.2, 0.25) is 0 Å². The van der Waals surface area contributed by atoms with Crippen molar-refractivity contribution in [1.29, 1.82) is 0 Å². The van der Waals surface area contributed by atoms with Gasteiger partial charge >= 0.3 is 0 Å². The van der Waals surface area contributed by atoms with Crippen molar-refractivity contribution >= 4 is 22.7 Å². The van der Waals surface area contributed by atoms with Crippen LogP contribution < -0.4 is 19.6 Å². The molecule has 0 spiro atoms. The molecule has 0 saturated heterocycles. The Morgan fingerprint density at radius 3 is 0.855 bits per heavy atom. The molecule has 0 bridgehead atoms. The van der Waals surface area contributed by atoms with Crippen molar-refractivity contribution in [3.05, 3.63) is 143 Å². The van der Waals surface area contributed by atoms with E-state index in [9.17, 15) is 10.2 Å². The van der Waals surface area contributed by atoms with Gasteiger partial charge in [0.15, 0.2) is 0 Å². The predicted octanol–water partition coefficient (Wildman–Crippen LogP) is 11.6. The normalized spacial score (nSPS) is 12.0. The molecule has 0 radical (unpaired) electrons. The molecule has 0 aromatic heterocycles. The topological polar surface area (TPSA) is 62.7 Å². The standard InChI is InChI=1S/C48H66N4O3/c1-9-49(10-2)45-29-21-17-25-39(45)43(40-26-18-22-30-46(40)50(11-3)12-4)33-37(53)35-55-36-38(54)34-44(41-27-19-23-31-47(41)51(13-5)14-6)42-28-20-24-32-48(42)52(15-7)16-8/h17-32,35-36,43-44,53-54H,9-16,33-34H2,1-8H3. The summed E-state index contributed by atoms with van der Waals surface area (Å²) >= 11 is 0. The van der Waals surface area contributed by atoms with E-state index in [4.69, 9.17) is 4.74 Å². The summed E-state index contributed by atoms with van der Waals surface area (Å²) in [5.41, 5.74) is 9.30. The fourth-order valence-corrected chi connectivity index (χ4v) is 8.02. The first-order chi connectivity index (χ1) is 26.8. The van der Waals surface area contributed by atoms with E-state index in [1.807, 2.05) is 0 Å². The second kappa shape index (κ2) is 21.7. The molecule has 0 atom stereocenters. The van der Waals surface area contributed by atoms with E-state index < -0.39 is 0 Å². The minimum atomic E-state index is -0.136. The maximum Gasteiger partial charge on any atom is 0.128 e. The van der Waals surface area contributed by atoms with Gasteiger partial charge in [0.05, 0.1) is 0 Å². The molecule has 4 rings (SSSR count). The summed E-state index contributed by atoms with van der Waals surface area (Å²) in [6.07, 6.45) is 3.43. The second-order valence-corrected chi connectivity index (χ2v) is 13.8. The smallest absolute Gasteiger partial charge is 0.128 e. The van der Waals surface area contributed by atoms with E-state index >= 15 is 0 Å². The predicted molar refractivity (Wildman–Crippen MR) is 235 cm³/mol. The van der Waals surface area contributed by atoms with Crippen LogP contribution in [-0.4, -0.2) is 62.6 Å². The number of hydrogen-bond acceptors (Lipinski definition) is 7. The van der Waals surface area contributed by atoms with Crippen LogP contribution in [0.25, 0.3) is 0 Å². The average molecular weight is 747 g/mol. The zero-order valence-electron chi connectivity index (χ0n) is 34.7. The van der Waals surface area contributed by atoms with Gasteiger partial charge in [0.25, 0.3) is 0 Å². The monoisotopic (exact) mass is 747 g/mol. The highest BCUT2D eigenvalue weighted by Gasteiger charge is 2.26. The Hall–Kier alpha value is -5.04. The highest BCUT2D eigenvalue weighted by molar-refractivity contribution is 5.65. The van der Waals surface area contributed by atoms with Crippen LogP contribution in [0.5, 0.6) is 0 Å². The lowest BCUT2D eigenvalue weighted by Gasteiger charge is -2.31. The van der Waals surface area contributed by atoms with Gasteiger partial charge in [-0.25, -0.2) is 0 Å². The van der Waals surface area contributed by atoms with Crippen molar-refractivity contribution in [2.45, 2.75) is 80.1 Å². The summed E-state index contributed by atoms with van der Waals surface area (Å²) in [5, 5.41) is 23.1. The molecule has 4 aromatic carbocycles. The van der Waals surface area contributed by atoms with E-state index in [1.54, 1.807) is 0 Å². The third-order valence-electron chi connectivity index (χ3n) is 10.9. The first-order valence-corrected chi connectivity index (χ1v) is 20.6. The molecule has 7 heteroatoms. The quantitative estimate of drug-likeness (QED) is 0.0776. The van der Waals surface area contributed by atoms with Crippen molar-refractivity contribution in [1.82, 2.24) is 0 Å². The maximum absolute atomic E-state index is 11.6. The number of benzene rings is 4. The fraction of sp³-hybridized carbons (Fsp3) is 0.417. The number of para-hydroxylation sites is 4. The van der Waals surface area contributed by atoms with E-state index in [0.717, 1.165) is 74.6 Å². The summed E-state index contributed by atoms with van der Waals surface area (Å²) in [5.74, 6) is -0.0618. The van der Waals surface area contributed by atoms with Gasteiger partial charge in [-0.1, -0.05) is 72.8 Å². The lowest BCUT2D eigenvalue weighted by atomic mass is 9.85. The molecule has 296 valence electrons. The van der Waals surface area contributed by atoms with E-state index in [1.165, 1.54) is 35.3 Å². The van der Waals surface area contributed by atoms with E-state index in [2.05, 4.69) is 172 Å². The molecule has 0 saturated carbocycles. The van der Waals surface area contributed by atoms with Crippen molar-refractivity contribution in [2.75, 3.05) is 72.0 Å². The number of ether oxygens (including phenoxy) is 1. The third-order valence-corrected chi connectivity index (χ3v) is 10.9. The first kappa shape index (κ1) is 42.7. The molecule has 0 fully saturated rings. The van der Waals surface area contributed by atoms with Gasteiger partial charge < -0.3 is 34.5 Å². The zero-order chi connectivity index (χ0) is 39.7. The second-order valence-electron chi connectivity index (χ2n) is 13.8. The third kappa shape index (κ3) is 10.6. The van der Waals surface area contributed by atoms with Crippen molar-refractivity contribution in [3.8, 4) is 0 Å². The molecule has 0 aliphatic heterocycles. The van der Waals surface area contributed by atoms with Crippen molar-refractivity contribution in [2.24, 2.45) is 0 Å². The Labute approximate surface area is 332 Å². The Bertz CT molecular complexity index is 1560. The van der Waals surface area contributed by atoms with Crippen molar-refractivity contribution < 1.29 is 14.9 Å². The number of aliphatic hydroxyl groups excluding tert-OH is 2. The minimum absolute atomic E-state index is 0.105. The summed E-state index contributed by atoms with van der Waals surface area (Å²) in [7, 11) is 0. The van der Waals surface area contributed by atoms with Gasteiger partial charge in [-0.05, 0) is 102 Å². The van der Waals surface area contributed by atoms with Crippen LogP contribution in [0, 0.1) is 0 Å². The molecule has 0 unspecified atom stereocenters. The van der Waals surface area contributed by atoms with Crippen LogP contribution in [0.15, 0.2) is 121 Å². The number of allylic oxidation sites excluding steroid dienone is 2.